The Labute approximate surface area is 114 Å². The molecule has 2 saturated carbocycles. The highest BCUT2D eigenvalue weighted by molar-refractivity contribution is 7.09. The molecule has 2 aliphatic carbocycles. The van der Waals surface area contributed by atoms with E-state index in [4.69, 9.17) is 0 Å². The number of rotatable bonds is 3. The average Bonchev–Trinajstić information content (AvgIpc) is 3.07. The highest BCUT2D eigenvalue weighted by atomic mass is 32.1. The third-order valence-corrected chi connectivity index (χ3v) is 5.31. The summed E-state index contributed by atoms with van der Waals surface area (Å²) >= 11 is 1.78. The Kier molecular flexibility index (Phi) is 3.80. The van der Waals surface area contributed by atoms with Crippen LogP contribution >= 0.6 is 11.3 Å². The van der Waals surface area contributed by atoms with E-state index in [0.717, 1.165) is 6.54 Å². The maximum absolute atomic E-state index is 4.32. The Morgan fingerprint density at radius 2 is 2.11 bits per heavy atom. The maximum Gasteiger partial charge on any atom is 0.0798 e. The van der Waals surface area contributed by atoms with Gasteiger partial charge in [-0.1, -0.05) is 11.1 Å². The molecule has 1 aromatic rings. The summed E-state index contributed by atoms with van der Waals surface area (Å²) in [6.07, 6.45) is 9.61. The normalized spacial score (nSPS) is 24.2. The second kappa shape index (κ2) is 5.54. The Morgan fingerprint density at radius 3 is 2.83 bits per heavy atom. The van der Waals surface area contributed by atoms with E-state index in [9.17, 15) is 0 Å². The van der Waals surface area contributed by atoms with Crippen LogP contribution in [0.15, 0.2) is 16.7 Å². The van der Waals surface area contributed by atoms with Crippen LogP contribution < -0.4 is 5.32 Å². The van der Waals surface area contributed by atoms with Crippen LogP contribution in [0.2, 0.25) is 0 Å². The van der Waals surface area contributed by atoms with Crippen molar-refractivity contribution in [2.45, 2.75) is 64.5 Å². The van der Waals surface area contributed by atoms with Gasteiger partial charge in [-0.15, -0.1) is 11.3 Å². The number of nitrogens with zero attached hydrogens (tertiary/aromatic N) is 1. The van der Waals surface area contributed by atoms with Gasteiger partial charge in [0.15, 0.2) is 0 Å². The van der Waals surface area contributed by atoms with Crippen molar-refractivity contribution in [3.8, 4) is 0 Å². The molecular weight excluding hydrogens is 240 g/mol. The van der Waals surface area contributed by atoms with Gasteiger partial charge in [-0.05, 0) is 51.9 Å². The van der Waals surface area contributed by atoms with Crippen molar-refractivity contribution >= 4 is 11.3 Å². The standard InChI is InChI=1S/C15H22N2S/c1-11-15(18-10-17-11)9-16-14-8-4-7-13(14)12-5-2-3-6-12/h10,14,16H,2-9H2,1H3. The first-order valence-electron chi connectivity index (χ1n) is 7.17. The second-order valence-electron chi connectivity index (χ2n) is 5.52. The van der Waals surface area contributed by atoms with E-state index in [2.05, 4.69) is 17.2 Å². The lowest BCUT2D eigenvalue weighted by Gasteiger charge is -2.16. The van der Waals surface area contributed by atoms with E-state index in [1.807, 2.05) is 5.51 Å². The first-order valence-corrected chi connectivity index (χ1v) is 8.05. The maximum atomic E-state index is 4.32. The number of hydrogen-bond acceptors (Lipinski definition) is 3. The molecule has 98 valence electrons. The summed E-state index contributed by atoms with van der Waals surface area (Å²) in [6.45, 7) is 3.11. The smallest absolute Gasteiger partial charge is 0.0798 e. The van der Waals surface area contributed by atoms with E-state index < -0.39 is 0 Å². The van der Waals surface area contributed by atoms with Crippen molar-refractivity contribution in [2.75, 3.05) is 0 Å². The number of hydrogen-bond donors (Lipinski definition) is 1. The first-order chi connectivity index (χ1) is 8.84. The van der Waals surface area contributed by atoms with Gasteiger partial charge in [-0.3, -0.25) is 0 Å². The van der Waals surface area contributed by atoms with Gasteiger partial charge in [0.1, 0.15) is 0 Å². The summed E-state index contributed by atoms with van der Waals surface area (Å²) in [5.41, 5.74) is 6.69. The van der Waals surface area contributed by atoms with Gasteiger partial charge in [-0.2, -0.15) is 0 Å². The van der Waals surface area contributed by atoms with Crippen LogP contribution in [0.3, 0.4) is 0 Å². The fraction of sp³-hybridized carbons (Fsp3) is 0.667. The first kappa shape index (κ1) is 12.4. The molecular formula is C15H22N2S. The summed E-state index contributed by atoms with van der Waals surface area (Å²) in [6, 6.07) is 0.652. The number of aromatic nitrogens is 1. The van der Waals surface area contributed by atoms with Gasteiger partial charge in [0, 0.05) is 17.5 Å². The van der Waals surface area contributed by atoms with Crippen LogP contribution in [0, 0.1) is 6.92 Å². The third-order valence-electron chi connectivity index (χ3n) is 4.37. The molecule has 18 heavy (non-hydrogen) atoms. The second-order valence-corrected chi connectivity index (χ2v) is 6.46. The predicted molar refractivity (Wildman–Crippen MR) is 76.8 cm³/mol. The van der Waals surface area contributed by atoms with Crippen LogP contribution in [-0.2, 0) is 6.54 Å². The minimum absolute atomic E-state index is 0.652. The molecule has 0 aliphatic heterocycles. The Balaban J connectivity index is 1.65. The number of aryl methyl sites for hydroxylation is 1. The van der Waals surface area contributed by atoms with Gasteiger partial charge in [0.25, 0.3) is 0 Å². The number of allylic oxidation sites excluding steroid dienone is 1. The van der Waals surface area contributed by atoms with Crippen LogP contribution in [0.4, 0.5) is 0 Å². The third kappa shape index (κ3) is 2.52. The van der Waals surface area contributed by atoms with E-state index >= 15 is 0 Å². The van der Waals surface area contributed by atoms with E-state index in [1.165, 1.54) is 55.5 Å². The quantitative estimate of drug-likeness (QED) is 0.834. The highest BCUT2D eigenvalue weighted by Gasteiger charge is 2.25. The van der Waals surface area contributed by atoms with Crippen molar-refractivity contribution in [3.05, 3.63) is 27.2 Å². The Hall–Kier alpha value is -0.670. The minimum atomic E-state index is 0.652. The summed E-state index contributed by atoms with van der Waals surface area (Å²) in [7, 11) is 0. The molecule has 1 unspecified atom stereocenters. The van der Waals surface area contributed by atoms with Crippen molar-refractivity contribution in [1.82, 2.24) is 10.3 Å². The largest absolute Gasteiger partial charge is 0.305 e. The fourth-order valence-electron chi connectivity index (χ4n) is 3.33. The van der Waals surface area contributed by atoms with Gasteiger partial charge < -0.3 is 5.32 Å². The lowest BCUT2D eigenvalue weighted by Crippen LogP contribution is -2.27. The lowest BCUT2D eigenvalue weighted by molar-refractivity contribution is 0.576. The molecule has 0 bridgehead atoms. The van der Waals surface area contributed by atoms with E-state index in [1.54, 1.807) is 22.5 Å². The lowest BCUT2D eigenvalue weighted by atomic mass is 10.0. The van der Waals surface area contributed by atoms with Gasteiger partial charge in [0.2, 0.25) is 0 Å². The molecule has 0 radical (unpaired) electrons. The molecule has 1 heterocycles. The van der Waals surface area contributed by atoms with Crippen LogP contribution in [-0.4, -0.2) is 11.0 Å². The van der Waals surface area contributed by atoms with Crippen LogP contribution in [0.1, 0.15) is 55.5 Å². The van der Waals surface area contributed by atoms with Gasteiger partial charge in [0.05, 0.1) is 11.2 Å². The Bertz CT molecular complexity index is 439. The SMILES string of the molecule is Cc1ncsc1CNC1CCCC1=C1CCCC1. The molecule has 1 N–H and O–H groups in total. The summed E-state index contributed by atoms with van der Waals surface area (Å²) in [5.74, 6) is 0. The predicted octanol–water partition coefficient (Wildman–Crippen LogP) is 3.96. The zero-order valence-electron chi connectivity index (χ0n) is 11.2. The summed E-state index contributed by atoms with van der Waals surface area (Å²) in [5, 5.41) is 3.76. The van der Waals surface area contributed by atoms with Gasteiger partial charge >= 0.3 is 0 Å². The van der Waals surface area contributed by atoms with E-state index in [-0.39, 0.29) is 0 Å². The fourth-order valence-corrected chi connectivity index (χ4v) is 4.06. The van der Waals surface area contributed by atoms with Gasteiger partial charge in [-0.25, -0.2) is 4.98 Å². The average molecular weight is 262 g/mol. The molecule has 1 aromatic heterocycles. The number of thiazole rings is 1. The zero-order valence-corrected chi connectivity index (χ0v) is 12.0. The van der Waals surface area contributed by atoms with Crippen LogP contribution in [0.25, 0.3) is 0 Å². The van der Waals surface area contributed by atoms with Crippen LogP contribution in [0.5, 0.6) is 0 Å². The molecule has 2 fully saturated rings. The van der Waals surface area contributed by atoms with Crippen molar-refractivity contribution in [2.24, 2.45) is 0 Å². The zero-order chi connectivity index (χ0) is 12.4. The monoisotopic (exact) mass is 262 g/mol. The molecule has 0 amide bonds. The molecule has 0 saturated heterocycles. The molecule has 0 spiro atoms. The topological polar surface area (TPSA) is 24.9 Å². The molecule has 3 heteroatoms. The summed E-state index contributed by atoms with van der Waals surface area (Å²) < 4.78 is 0. The minimum Gasteiger partial charge on any atom is -0.305 e. The van der Waals surface area contributed by atoms with Crippen molar-refractivity contribution in [3.63, 3.8) is 0 Å². The van der Waals surface area contributed by atoms with Crippen molar-refractivity contribution < 1.29 is 0 Å². The highest BCUT2D eigenvalue weighted by Crippen LogP contribution is 2.35. The molecule has 2 nitrogen and oxygen atoms in total. The summed E-state index contributed by atoms with van der Waals surface area (Å²) in [4.78, 5) is 5.73. The Morgan fingerprint density at radius 1 is 1.28 bits per heavy atom. The molecule has 2 aliphatic rings. The molecule has 1 atom stereocenters. The number of nitrogens with one attached hydrogen (secondary N) is 1. The van der Waals surface area contributed by atoms with E-state index in [0.29, 0.717) is 6.04 Å². The molecule has 0 aromatic carbocycles. The molecule has 3 rings (SSSR count). The van der Waals surface area contributed by atoms with Crippen molar-refractivity contribution in [1.29, 1.82) is 0 Å².